The molecule has 0 aliphatic carbocycles. The van der Waals surface area contributed by atoms with Crippen molar-refractivity contribution in [3.05, 3.63) is 51.7 Å². The van der Waals surface area contributed by atoms with Gasteiger partial charge in [-0.2, -0.15) is 0 Å². The number of amides is 2. The summed E-state index contributed by atoms with van der Waals surface area (Å²) in [6, 6.07) is 5.06. The summed E-state index contributed by atoms with van der Waals surface area (Å²) in [5, 5.41) is 13.1. The number of nitrogens with zero attached hydrogens (tertiary/aromatic N) is 2. The number of thiazole rings is 1. The molecule has 0 saturated carbocycles. The predicted octanol–water partition coefficient (Wildman–Crippen LogP) is 1.44. The largest absolute Gasteiger partial charge is 0.376 e. The van der Waals surface area contributed by atoms with Gasteiger partial charge in [-0.05, 0) is 31.5 Å². The van der Waals surface area contributed by atoms with Crippen molar-refractivity contribution in [2.24, 2.45) is 0 Å². The number of halogens is 1. The van der Waals surface area contributed by atoms with Gasteiger partial charge in [0.15, 0.2) is 5.60 Å². The maximum Gasteiger partial charge on any atom is 0.265 e. The summed E-state index contributed by atoms with van der Waals surface area (Å²) in [6.45, 7) is 3.82. The monoisotopic (exact) mass is 363 g/mol. The van der Waals surface area contributed by atoms with Crippen LogP contribution >= 0.6 is 11.3 Å². The van der Waals surface area contributed by atoms with Crippen molar-refractivity contribution in [3.8, 4) is 0 Å². The molecule has 1 unspecified atom stereocenters. The second-order valence-corrected chi connectivity index (χ2v) is 7.08. The molecule has 1 fully saturated rings. The SMILES string of the molecule is Cc1ncsc1C(=O)N1CC(NC(=O)C(C)(O)c2cccc(F)c2)C1. The molecule has 132 valence electrons. The number of aromatic nitrogens is 1. The number of rotatable bonds is 4. The van der Waals surface area contributed by atoms with E-state index in [1.54, 1.807) is 17.3 Å². The van der Waals surface area contributed by atoms with Gasteiger partial charge in [-0.15, -0.1) is 11.3 Å². The fraction of sp³-hybridized carbons (Fsp3) is 0.353. The molecule has 8 heteroatoms. The summed E-state index contributed by atoms with van der Waals surface area (Å²) >= 11 is 1.29. The minimum absolute atomic E-state index is 0.109. The first-order valence-corrected chi connectivity index (χ1v) is 8.65. The van der Waals surface area contributed by atoms with Crippen molar-refractivity contribution in [1.82, 2.24) is 15.2 Å². The third-order valence-corrected chi connectivity index (χ3v) is 5.19. The number of nitrogens with one attached hydrogen (secondary N) is 1. The Morgan fingerprint density at radius 3 is 2.76 bits per heavy atom. The van der Waals surface area contributed by atoms with Crippen molar-refractivity contribution < 1.29 is 19.1 Å². The predicted molar refractivity (Wildman–Crippen MR) is 90.7 cm³/mol. The van der Waals surface area contributed by atoms with E-state index in [1.165, 1.54) is 36.5 Å². The Kier molecular flexibility index (Phi) is 4.57. The van der Waals surface area contributed by atoms with Crippen LogP contribution in [0.4, 0.5) is 4.39 Å². The Labute approximate surface area is 148 Å². The van der Waals surface area contributed by atoms with E-state index >= 15 is 0 Å². The first-order chi connectivity index (χ1) is 11.8. The van der Waals surface area contributed by atoms with E-state index in [1.807, 2.05) is 0 Å². The van der Waals surface area contributed by atoms with Gasteiger partial charge in [-0.1, -0.05) is 12.1 Å². The molecule has 1 aliphatic rings. The van der Waals surface area contributed by atoms with Crippen LogP contribution in [0.15, 0.2) is 29.8 Å². The highest BCUT2D eigenvalue weighted by Gasteiger charge is 2.38. The molecule has 0 spiro atoms. The Balaban J connectivity index is 1.58. The van der Waals surface area contributed by atoms with E-state index < -0.39 is 17.3 Å². The summed E-state index contributed by atoms with van der Waals surface area (Å²) in [7, 11) is 0. The normalized spacial score (nSPS) is 16.9. The van der Waals surface area contributed by atoms with Crippen LogP contribution in [0.25, 0.3) is 0 Å². The number of aryl methyl sites for hydroxylation is 1. The van der Waals surface area contributed by atoms with E-state index in [2.05, 4.69) is 10.3 Å². The number of carbonyl (C=O) groups excluding carboxylic acids is 2. The summed E-state index contributed by atoms with van der Waals surface area (Å²) in [5.74, 6) is -1.25. The quantitative estimate of drug-likeness (QED) is 0.861. The number of likely N-dealkylation sites (tertiary alicyclic amines) is 1. The maximum absolute atomic E-state index is 13.3. The minimum Gasteiger partial charge on any atom is -0.376 e. The van der Waals surface area contributed by atoms with Gasteiger partial charge in [0.05, 0.1) is 17.2 Å². The Morgan fingerprint density at radius 1 is 1.44 bits per heavy atom. The lowest BCUT2D eigenvalue weighted by atomic mass is 9.94. The van der Waals surface area contributed by atoms with Crippen LogP contribution in [0.2, 0.25) is 0 Å². The number of benzene rings is 1. The minimum atomic E-state index is -1.85. The third kappa shape index (κ3) is 3.40. The van der Waals surface area contributed by atoms with Crippen LogP contribution in [0, 0.1) is 12.7 Å². The average molecular weight is 363 g/mol. The molecule has 0 bridgehead atoms. The van der Waals surface area contributed by atoms with Gasteiger partial charge >= 0.3 is 0 Å². The number of hydrogen-bond donors (Lipinski definition) is 2. The molecule has 2 amide bonds. The lowest BCUT2D eigenvalue weighted by Crippen LogP contribution is -2.63. The average Bonchev–Trinajstić information content (AvgIpc) is 2.95. The third-order valence-electron chi connectivity index (χ3n) is 4.27. The van der Waals surface area contributed by atoms with Crippen LogP contribution in [0.3, 0.4) is 0 Å². The van der Waals surface area contributed by atoms with Gasteiger partial charge in [0.2, 0.25) is 0 Å². The van der Waals surface area contributed by atoms with Crippen molar-refractivity contribution in [2.75, 3.05) is 13.1 Å². The first kappa shape index (κ1) is 17.5. The van der Waals surface area contributed by atoms with Crippen molar-refractivity contribution in [1.29, 1.82) is 0 Å². The standard InChI is InChI=1S/C17H18FN3O3S/c1-10-14(25-9-19-10)15(22)21-7-13(8-21)20-16(23)17(2,24)11-4-3-5-12(18)6-11/h3-6,9,13,24H,7-8H2,1-2H3,(H,20,23). The summed E-state index contributed by atoms with van der Waals surface area (Å²) in [6.07, 6.45) is 0. The van der Waals surface area contributed by atoms with E-state index in [0.717, 1.165) is 6.07 Å². The highest BCUT2D eigenvalue weighted by molar-refractivity contribution is 7.11. The molecule has 1 aromatic heterocycles. The lowest BCUT2D eigenvalue weighted by Gasteiger charge is -2.40. The fourth-order valence-corrected chi connectivity index (χ4v) is 3.40. The van der Waals surface area contributed by atoms with Crippen molar-refractivity contribution in [3.63, 3.8) is 0 Å². The fourth-order valence-electron chi connectivity index (χ4n) is 2.63. The van der Waals surface area contributed by atoms with Crippen LogP contribution in [0.1, 0.15) is 27.9 Å². The van der Waals surface area contributed by atoms with Gasteiger partial charge in [0.1, 0.15) is 10.7 Å². The van der Waals surface area contributed by atoms with Gasteiger partial charge in [-0.3, -0.25) is 9.59 Å². The molecule has 6 nitrogen and oxygen atoms in total. The molecule has 1 atom stereocenters. The lowest BCUT2D eigenvalue weighted by molar-refractivity contribution is -0.140. The van der Waals surface area contributed by atoms with E-state index in [-0.39, 0.29) is 17.5 Å². The molecule has 2 N–H and O–H groups in total. The number of hydrogen-bond acceptors (Lipinski definition) is 5. The zero-order chi connectivity index (χ0) is 18.2. The van der Waals surface area contributed by atoms with E-state index in [9.17, 15) is 19.1 Å². The van der Waals surface area contributed by atoms with Crippen LogP contribution in [-0.2, 0) is 10.4 Å². The topological polar surface area (TPSA) is 82.5 Å². The maximum atomic E-state index is 13.3. The van der Waals surface area contributed by atoms with Crippen LogP contribution in [0.5, 0.6) is 0 Å². The molecule has 1 aliphatic heterocycles. The molecule has 0 radical (unpaired) electrons. The number of carbonyl (C=O) groups is 2. The molecule has 1 aromatic carbocycles. The second-order valence-electron chi connectivity index (χ2n) is 6.23. The van der Waals surface area contributed by atoms with E-state index in [0.29, 0.717) is 23.7 Å². The van der Waals surface area contributed by atoms with Crippen LogP contribution in [-0.4, -0.2) is 45.9 Å². The summed E-state index contributed by atoms with van der Waals surface area (Å²) < 4.78 is 13.3. The van der Waals surface area contributed by atoms with Gasteiger partial charge < -0.3 is 15.3 Å². The highest BCUT2D eigenvalue weighted by Crippen LogP contribution is 2.23. The summed E-state index contributed by atoms with van der Waals surface area (Å²) in [5.41, 5.74) is 0.646. The molecule has 2 heterocycles. The van der Waals surface area contributed by atoms with Crippen LogP contribution < -0.4 is 5.32 Å². The Bertz CT molecular complexity index is 815. The Hall–Kier alpha value is -2.32. The van der Waals surface area contributed by atoms with Gasteiger partial charge in [0.25, 0.3) is 11.8 Å². The molecule has 3 rings (SSSR count). The molecule has 1 saturated heterocycles. The zero-order valence-corrected chi connectivity index (χ0v) is 14.6. The molecular weight excluding hydrogens is 345 g/mol. The van der Waals surface area contributed by atoms with Crippen molar-refractivity contribution in [2.45, 2.75) is 25.5 Å². The van der Waals surface area contributed by atoms with E-state index in [4.69, 9.17) is 0 Å². The van der Waals surface area contributed by atoms with Gasteiger partial charge in [-0.25, -0.2) is 9.37 Å². The molecule has 25 heavy (non-hydrogen) atoms. The first-order valence-electron chi connectivity index (χ1n) is 7.78. The van der Waals surface area contributed by atoms with Crippen molar-refractivity contribution >= 4 is 23.2 Å². The van der Waals surface area contributed by atoms with Gasteiger partial charge in [0, 0.05) is 13.1 Å². The second kappa shape index (κ2) is 6.53. The number of aliphatic hydroxyl groups is 1. The highest BCUT2D eigenvalue weighted by atomic mass is 32.1. The molecular formula is C17H18FN3O3S. The Morgan fingerprint density at radius 2 is 2.16 bits per heavy atom. The zero-order valence-electron chi connectivity index (χ0n) is 13.8. The summed E-state index contributed by atoms with van der Waals surface area (Å²) in [4.78, 5) is 30.9. The smallest absolute Gasteiger partial charge is 0.265 e. The molecule has 2 aromatic rings.